The molecule has 5 aromatic rings. The van der Waals surface area contributed by atoms with E-state index in [4.69, 9.17) is 9.47 Å². The van der Waals surface area contributed by atoms with Crippen LogP contribution in [0.15, 0.2) is 84.0 Å². The van der Waals surface area contributed by atoms with Gasteiger partial charge in [0.25, 0.3) is 5.43 Å². The molecule has 0 saturated heterocycles. The lowest BCUT2D eigenvalue weighted by molar-refractivity contribution is 0.180. The summed E-state index contributed by atoms with van der Waals surface area (Å²) in [5.41, 5.74) is 1.07. The molecule has 5 rings (SSSR count). The van der Waals surface area contributed by atoms with Crippen LogP contribution in [0.2, 0.25) is 0 Å². The summed E-state index contributed by atoms with van der Waals surface area (Å²) in [7, 11) is 1.35. The maximum absolute atomic E-state index is 15.2. The molecule has 3 heterocycles. The van der Waals surface area contributed by atoms with Crippen LogP contribution in [0.5, 0.6) is 11.6 Å². The molecule has 11 heteroatoms. The fourth-order valence-corrected chi connectivity index (χ4v) is 3.63. The molecule has 0 aliphatic rings. The molecule has 0 amide bonds. The number of halogens is 2. The Morgan fingerprint density at radius 3 is 2.46 bits per heavy atom. The molecule has 0 saturated carbocycles. The van der Waals surface area contributed by atoms with Crippen LogP contribution in [0.1, 0.15) is 0 Å². The van der Waals surface area contributed by atoms with Crippen molar-refractivity contribution in [1.82, 2.24) is 29.3 Å². The van der Waals surface area contributed by atoms with Crippen molar-refractivity contribution in [1.29, 1.82) is 0 Å². The molecule has 0 unspecified atom stereocenters. The van der Waals surface area contributed by atoms with Crippen molar-refractivity contribution in [3.05, 3.63) is 95.3 Å². The van der Waals surface area contributed by atoms with Crippen molar-refractivity contribution < 1.29 is 18.3 Å². The van der Waals surface area contributed by atoms with Gasteiger partial charge >= 0.3 is 0 Å². The van der Waals surface area contributed by atoms with Gasteiger partial charge in [0.05, 0.1) is 42.8 Å². The van der Waals surface area contributed by atoms with Gasteiger partial charge in [-0.25, -0.2) is 22.8 Å². The largest absolute Gasteiger partial charge is 0.491 e. The maximum atomic E-state index is 15.2. The first-order valence-corrected chi connectivity index (χ1v) is 10.4. The summed E-state index contributed by atoms with van der Waals surface area (Å²) >= 11 is 0. The number of hydrogen-bond donors (Lipinski definition) is 0. The van der Waals surface area contributed by atoms with E-state index in [-0.39, 0.29) is 23.0 Å². The Bertz CT molecular complexity index is 1540. The molecule has 9 nitrogen and oxygen atoms in total. The third kappa shape index (κ3) is 4.03. The summed E-state index contributed by atoms with van der Waals surface area (Å²) in [6, 6.07) is 16.6. The molecule has 3 aromatic heterocycles. The first kappa shape index (κ1) is 22.0. The molecule has 0 atom stereocenters. The lowest BCUT2D eigenvalue weighted by atomic mass is 10.2. The molecule has 0 aliphatic carbocycles. The number of rotatable bonds is 7. The number of hydrogen-bond acceptors (Lipinski definition) is 6. The molecule has 0 aliphatic heterocycles. The Balaban J connectivity index is 1.61. The minimum Gasteiger partial charge on any atom is -0.491 e. The summed E-state index contributed by atoms with van der Waals surface area (Å²) in [6.45, 7) is -1.05. The minimum absolute atomic E-state index is 0.0232. The zero-order valence-electron chi connectivity index (χ0n) is 18.4. The fraction of sp³-hybridized carbons (Fsp3) is 0.0833. The van der Waals surface area contributed by atoms with Gasteiger partial charge < -0.3 is 9.47 Å². The second-order valence-electron chi connectivity index (χ2n) is 7.25. The van der Waals surface area contributed by atoms with Crippen LogP contribution in [0.4, 0.5) is 8.78 Å². The second kappa shape index (κ2) is 9.21. The van der Waals surface area contributed by atoms with Gasteiger partial charge in [-0.15, -0.1) is 0 Å². The average molecular weight is 476 g/mol. The topological polar surface area (TPSA) is 89.0 Å². The third-order valence-corrected chi connectivity index (χ3v) is 5.23. The number of benzene rings is 2. The van der Waals surface area contributed by atoms with Gasteiger partial charge in [-0.3, -0.25) is 4.79 Å². The van der Waals surface area contributed by atoms with Crippen LogP contribution in [-0.4, -0.2) is 43.3 Å². The van der Waals surface area contributed by atoms with Crippen LogP contribution in [0, 0.1) is 5.82 Å². The maximum Gasteiger partial charge on any atom is 0.251 e. The van der Waals surface area contributed by atoms with Crippen molar-refractivity contribution in [3.8, 4) is 40.1 Å². The zero-order chi connectivity index (χ0) is 24.4. The van der Waals surface area contributed by atoms with Crippen molar-refractivity contribution in [2.75, 3.05) is 14.0 Å². The second-order valence-corrected chi connectivity index (χ2v) is 7.25. The first-order valence-electron chi connectivity index (χ1n) is 10.4. The van der Waals surface area contributed by atoms with Crippen molar-refractivity contribution >= 4 is 0 Å². The predicted molar refractivity (Wildman–Crippen MR) is 123 cm³/mol. The van der Waals surface area contributed by atoms with Gasteiger partial charge in [-0.05, 0) is 30.3 Å². The number of ether oxygens (including phenoxy) is 2. The highest BCUT2D eigenvalue weighted by molar-refractivity contribution is 5.59. The lowest BCUT2D eigenvalue weighted by Gasteiger charge is -2.13. The van der Waals surface area contributed by atoms with Crippen molar-refractivity contribution in [2.45, 2.75) is 0 Å². The molecule has 35 heavy (non-hydrogen) atoms. The summed E-state index contributed by atoms with van der Waals surface area (Å²) < 4.78 is 42.0. The summed E-state index contributed by atoms with van der Waals surface area (Å²) in [5, 5.41) is 12.8. The number of nitrogens with zero attached hydrogens (tertiary/aromatic N) is 6. The normalized spacial score (nSPS) is 10.9. The van der Waals surface area contributed by atoms with Gasteiger partial charge in [0.15, 0.2) is 17.3 Å². The minimum atomic E-state index is -1.05. The molecule has 0 bridgehead atoms. The molecule has 0 N–H and O–H groups in total. The molecule has 176 valence electrons. The molecular weight excluding hydrogens is 458 g/mol. The first-order chi connectivity index (χ1) is 17.1. The van der Waals surface area contributed by atoms with Crippen LogP contribution in [0.25, 0.3) is 28.5 Å². The number of methoxy groups -OCH3 is 1. The lowest BCUT2D eigenvalue weighted by Crippen LogP contribution is -2.18. The molecule has 0 spiro atoms. The highest BCUT2D eigenvalue weighted by Gasteiger charge is 2.19. The number of para-hydroxylation sites is 1. The molecular formula is C24H18F2N6O3. The Morgan fingerprint density at radius 2 is 1.71 bits per heavy atom. The fourth-order valence-electron chi connectivity index (χ4n) is 3.63. The number of alkyl halides is 1. The van der Waals surface area contributed by atoms with Crippen LogP contribution in [-0.2, 0) is 0 Å². The molecule has 2 aromatic carbocycles. The summed E-state index contributed by atoms with van der Waals surface area (Å²) in [6.07, 6.45) is 4.26. The molecule has 0 radical (unpaired) electrons. The predicted octanol–water partition coefficient (Wildman–Crippen LogP) is 3.72. The van der Waals surface area contributed by atoms with Gasteiger partial charge in [0.1, 0.15) is 5.69 Å². The van der Waals surface area contributed by atoms with Gasteiger partial charge in [0.2, 0.25) is 12.7 Å². The van der Waals surface area contributed by atoms with Gasteiger partial charge in [-0.2, -0.15) is 15.3 Å². The van der Waals surface area contributed by atoms with E-state index in [0.717, 1.165) is 5.69 Å². The van der Waals surface area contributed by atoms with Crippen LogP contribution < -0.4 is 14.9 Å². The Kier molecular flexibility index (Phi) is 5.80. The summed E-state index contributed by atoms with van der Waals surface area (Å²) in [4.78, 5) is 13.1. The van der Waals surface area contributed by atoms with E-state index in [1.807, 2.05) is 30.3 Å². The SMILES string of the molecule is COc1cn(-c2ccc(-n3nccc3OCF)cc2F)nc(-c2ccnn2-c2ccccc2)c1=O. The summed E-state index contributed by atoms with van der Waals surface area (Å²) in [5.74, 6) is -0.561. The average Bonchev–Trinajstić information content (AvgIpc) is 3.55. The van der Waals surface area contributed by atoms with Gasteiger partial charge in [0, 0.05) is 12.1 Å². The van der Waals surface area contributed by atoms with E-state index < -0.39 is 18.1 Å². The van der Waals surface area contributed by atoms with E-state index in [1.165, 1.54) is 47.1 Å². The highest BCUT2D eigenvalue weighted by Crippen LogP contribution is 2.24. The third-order valence-electron chi connectivity index (χ3n) is 5.23. The quantitative estimate of drug-likeness (QED) is 0.356. The van der Waals surface area contributed by atoms with Crippen LogP contribution >= 0.6 is 0 Å². The van der Waals surface area contributed by atoms with E-state index in [0.29, 0.717) is 11.4 Å². The van der Waals surface area contributed by atoms with Crippen LogP contribution in [0.3, 0.4) is 0 Å². The van der Waals surface area contributed by atoms with E-state index >= 15 is 4.39 Å². The van der Waals surface area contributed by atoms with Crippen molar-refractivity contribution in [3.63, 3.8) is 0 Å². The zero-order valence-corrected chi connectivity index (χ0v) is 18.4. The standard InChI is InChI=1S/C24H18F2N6O3/c1-34-21-14-30(19-8-7-17(13-18(19)26)32-22(35-15-25)10-12-28-32)29-23(24(21)33)20-9-11-27-31(20)16-5-3-2-4-6-16/h2-14H,15H2,1H3. The Labute approximate surface area is 197 Å². The van der Waals surface area contributed by atoms with E-state index in [2.05, 4.69) is 15.3 Å². The number of aromatic nitrogens is 6. The van der Waals surface area contributed by atoms with E-state index in [1.54, 1.807) is 23.0 Å². The van der Waals surface area contributed by atoms with Crippen molar-refractivity contribution in [2.24, 2.45) is 0 Å². The van der Waals surface area contributed by atoms with Gasteiger partial charge in [-0.1, -0.05) is 18.2 Å². The monoisotopic (exact) mass is 476 g/mol. The van der Waals surface area contributed by atoms with E-state index in [9.17, 15) is 9.18 Å². The Morgan fingerprint density at radius 1 is 0.943 bits per heavy atom. The Hall–Kier alpha value is -4.80. The highest BCUT2D eigenvalue weighted by atomic mass is 19.1. The smallest absolute Gasteiger partial charge is 0.251 e. The molecule has 0 fully saturated rings.